The fourth-order valence-electron chi connectivity index (χ4n) is 3.28. The molecule has 0 fully saturated rings. The molecule has 2 aromatic rings. The number of rotatable bonds is 2. The van der Waals surface area contributed by atoms with Gasteiger partial charge in [-0.25, -0.2) is 0 Å². The van der Waals surface area contributed by atoms with E-state index < -0.39 is 0 Å². The van der Waals surface area contributed by atoms with Crippen LogP contribution in [-0.2, 0) is 24.2 Å². The van der Waals surface area contributed by atoms with Crippen LogP contribution < -0.4 is 10.6 Å². The van der Waals surface area contributed by atoms with Crippen LogP contribution in [0.5, 0.6) is 0 Å². The number of nitrogens with one attached hydrogen (secondary N) is 2. The third-order valence-electron chi connectivity index (χ3n) is 4.53. The molecule has 0 saturated heterocycles. The summed E-state index contributed by atoms with van der Waals surface area (Å²) in [6.07, 6.45) is 1.92. The zero-order chi connectivity index (χ0) is 14.2. The van der Waals surface area contributed by atoms with Crippen molar-refractivity contribution in [3.05, 3.63) is 64.7 Å². The molecule has 1 aliphatic carbocycles. The van der Waals surface area contributed by atoms with E-state index in [0.29, 0.717) is 0 Å². The fourth-order valence-corrected chi connectivity index (χ4v) is 3.28. The van der Waals surface area contributed by atoms with E-state index in [1.54, 1.807) is 0 Å². The number of anilines is 1. The summed E-state index contributed by atoms with van der Waals surface area (Å²) in [4.78, 5) is 12.4. The molecule has 1 heterocycles. The third kappa shape index (κ3) is 2.62. The van der Waals surface area contributed by atoms with E-state index >= 15 is 0 Å². The molecular weight excluding hydrogens is 296 g/mol. The summed E-state index contributed by atoms with van der Waals surface area (Å²) in [5.41, 5.74) is 6.07. The smallest absolute Gasteiger partial charge is 0.232 e. The molecule has 0 saturated carbocycles. The van der Waals surface area contributed by atoms with Crippen molar-refractivity contribution in [2.75, 3.05) is 11.9 Å². The molecule has 4 rings (SSSR count). The van der Waals surface area contributed by atoms with Crippen LogP contribution in [0.25, 0.3) is 0 Å². The average molecular weight is 315 g/mol. The molecule has 0 aromatic heterocycles. The van der Waals surface area contributed by atoms with Gasteiger partial charge in [0.15, 0.2) is 0 Å². The van der Waals surface area contributed by atoms with Crippen molar-refractivity contribution in [3.8, 4) is 0 Å². The van der Waals surface area contributed by atoms with Crippen LogP contribution in [0.2, 0.25) is 0 Å². The maximum Gasteiger partial charge on any atom is 0.232 e. The first-order valence-electron chi connectivity index (χ1n) is 7.52. The minimum Gasteiger partial charge on any atom is -0.326 e. The van der Waals surface area contributed by atoms with Crippen molar-refractivity contribution in [1.82, 2.24) is 5.32 Å². The van der Waals surface area contributed by atoms with E-state index in [-0.39, 0.29) is 24.2 Å². The van der Waals surface area contributed by atoms with Crippen LogP contribution in [0.4, 0.5) is 5.69 Å². The molecule has 22 heavy (non-hydrogen) atoms. The van der Waals surface area contributed by atoms with E-state index in [2.05, 4.69) is 34.9 Å². The van der Waals surface area contributed by atoms with Crippen LogP contribution in [-0.4, -0.2) is 12.5 Å². The zero-order valence-electron chi connectivity index (χ0n) is 12.3. The molecule has 0 bridgehead atoms. The van der Waals surface area contributed by atoms with E-state index in [1.807, 2.05) is 18.2 Å². The zero-order valence-corrected chi connectivity index (χ0v) is 13.1. The van der Waals surface area contributed by atoms with Crippen molar-refractivity contribution in [2.24, 2.45) is 0 Å². The molecule has 1 unspecified atom stereocenters. The third-order valence-corrected chi connectivity index (χ3v) is 4.53. The number of amides is 1. The molecule has 2 aromatic carbocycles. The van der Waals surface area contributed by atoms with Crippen molar-refractivity contribution < 1.29 is 4.79 Å². The molecule has 1 amide bonds. The van der Waals surface area contributed by atoms with Gasteiger partial charge in [-0.15, -0.1) is 12.4 Å². The molecule has 2 aliphatic rings. The minimum absolute atomic E-state index is 0. The second-order valence-electron chi connectivity index (χ2n) is 5.86. The summed E-state index contributed by atoms with van der Waals surface area (Å²) < 4.78 is 0. The van der Waals surface area contributed by atoms with Crippen molar-refractivity contribution in [2.45, 2.75) is 25.3 Å². The first kappa shape index (κ1) is 15.1. The second kappa shape index (κ2) is 6.11. The monoisotopic (exact) mass is 314 g/mol. The van der Waals surface area contributed by atoms with Crippen LogP contribution in [0.1, 0.15) is 28.2 Å². The summed E-state index contributed by atoms with van der Waals surface area (Å²) in [5.74, 6) is 0.118. The predicted molar refractivity (Wildman–Crippen MR) is 90.6 cm³/mol. The summed E-state index contributed by atoms with van der Waals surface area (Å²) in [5, 5.41) is 6.44. The maximum atomic E-state index is 12.4. The van der Waals surface area contributed by atoms with Gasteiger partial charge in [0.1, 0.15) is 0 Å². The van der Waals surface area contributed by atoms with E-state index in [4.69, 9.17) is 0 Å². The largest absolute Gasteiger partial charge is 0.326 e. The summed E-state index contributed by atoms with van der Waals surface area (Å²) in [6.45, 7) is 1.93. The molecule has 3 nitrogen and oxygen atoms in total. The molecule has 1 atom stereocenters. The normalized spacial score (nSPS) is 18.3. The summed E-state index contributed by atoms with van der Waals surface area (Å²) >= 11 is 0. The second-order valence-corrected chi connectivity index (χ2v) is 5.86. The SMILES string of the molecule is Cl.O=C(Nc1ccc2c(c1)CNCC2)C1Cc2ccccc21. The van der Waals surface area contributed by atoms with Crippen LogP contribution in [0.3, 0.4) is 0 Å². The van der Waals surface area contributed by atoms with Gasteiger partial charge in [0.05, 0.1) is 5.92 Å². The Morgan fingerprint density at radius 2 is 1.95 bits per heavy atom. The highest BCUT2D eigenvalue weighted by atomic mass is 35.5. The lowest BCUT2D eigenvalue weighted by Crippen LogP contribution is -2.30. The van der Waals surface area contributed by atoms with Crippen LogP contribution in [0, 0.1) is 0 Å². The number of fused-ring (bicyclic) bond motifs is 2. The standard InChI is InChI=1S/C18H18N2O.ClH/c21-18(17-10-13-3-1-2-4-16(13)17)20-15-6-5-12-7-8-19-11-14(12)9-15;/h1-6,9,17,19H,7-8,10-11H2,(H,20,21);1H. The van der Waals surface area contributed by atoms with Crippen molar-refractivity contribution >= 4 is 24.0 Å². The van der Waals surface area contributed by atoms with Gasteiger partial charge in [0.2, 0.25) is 5.91 Å². The molecule has 114 valence electrons. The number of hydrogen-bond donors (Lipinski definition) is 2. The number of carbonyl (C=O) groups is 1. The van der Waals surface area contributed by atoms with Gasteiger partial charge in [0, 0.05) is 12.2 Å². The van der Waals surface area contributed by atoms with Gasteiger partial charge in [-0.05, 0) is 53.8 Å². The van der Waals surface area contributed by atoms with Gasteiger partial charge in [-0.1, -0.05) is 30.3 Å². The Balaban J connectivity index is 0.00000144. The first-order valence-corrected chi connectivity index (χ1v) is 7.52. The number of halogens is 1. The minimum atomic E-state index is 0. The fraction of sp³-hybridized carbons (Fsp3) is 0.278. The van der Waals surface area contributed by atoms with Gasteiger partial charge in [0.25, 0.3) is 0 Å². The van der Waals surface area contributed by atoms with Crippen molar-refractivity contribution in [1.29, 1.82) is 0 Å². The Kier molecular flexibility index (Phi) is 4.19. The molecule has 4 heteroatoms. The molecular formula is C18H19ClN2O. The predicted octanol–water partition coefficient (Wildman–Crippen LogP) is 3.03. The Labute approximate surface area is 136 Å². The quantitative estimate of drug-likeness (QED) is 0.894. The van der Waals surface area contributed by atoms with Crippen LogP contribution >= 0.6 is 12.4 Å². The van der Waals surface area contributed by atoms with Crippen molar-refractivity contribution in [3.63, 3.8) is 0 Å². The lowest BCUT2D eigenvalue weighted by atomic mass is 9.77. The Hall–Kier alpha value is -1.84. The molecule has 0 radical (unpaired) electrons. The van der Waals surface area contributed by atoms with Gasteiger partial charge < -0.3 is 10.6 Å². The highest BCUT2D eigenvalue weighted by Gasteiger charge is 2.31. The average Bonchev–Trinajstić information content (AvgIpc) is 2.48. The first-order chi connectivity index (χ1) is 10.3. The lowest BCUT2D eigenvalue weighted by Gasteiger charge is -2.29. The van der Waals surface area contributed by atoms with Crippen LogP contribution in [0.15, 0.2) is 42.5 Å². The van der Waals surface area contributed by atoms with Gasteiger partial charge in [-0.2, -0.15) is 0 Å². The van der Waals surface area contributed by atoms with E-state index in [0.717, 1.165) is 31.6 Å². The maximum absolute atomic E-state index is 12.4. The highest BCUT2D eigenvalue weighted by molar-refractivity contribution is 5.97. The Morgan fingerprint density at radius 1 is 1.09 bits per heavy atom. The lowest BCUT2D eigenvalue weighted by molar-refractivity contribution is -0.118. The van der Waals surface area contributed by atoms with Gasteiger partial charge in [-0.3, -0.25) is 4.79 Å². The topological polar surface area (TPSA) is 41.1 Å². The number of hydrogen-bond acceptors (Lipinski definition) is 2. The highest BCUT2D eigenvalue weighted by Crippen LogP contribution is 2.35. The molecule has 2 N–H and O–H groups in total. The van der Waals surface area contributed by atoms with E-state index in [1.165, 1.54) is 22.3 Å². The summed E-state index contributed by atoms with van der Waals surface area (Å²) in [6, 6.07) is 14.5. The van der Waals surface area contributed by atoms with Gasteiger partial charge >= 0.3 is 0 Å². The number of benzene rings is 2. The molecule has 0 spiro atoms. The number of carbonyl (C=O) groups excluding carboxylic acids is 1. The molecule has 1 aliphatic heterocycles. The Bertz CT molecular complexity index is 714. The summed E-state index contributed by atoms with van der Waals surface area (Å²) in [7, 11) is 0. The Morgan fingerprint density at radius 3 is 2.82 bits per heavy atom. The van der Waals surface area contributed by atoms with E-state index in [9.17, 15) is 4.79 Å².